The molecule has 120 valence electrons. The van der Waals surface area contributed by atoms with Crippen molar-refractivity contribution in [1.82, 2.24) is 23.8 Å². The number of aryl methyl sites for hydroxylation is 1. The van der Waals surface area contributed by atoms with Crippen LogP contribution in [0.4, 0.5) is 0 Å². The number of aromatic nitrogens is 4. The van der Waals surface area contributed by atoms with Crippen LogP contribution >= 0.6 is 0 Å². The smallest absolute Gasteiger partial charge is 0.276 e. The molecule has 0 aliphatic carbocycles. The lowest BCUT2D eigenvalue weighted by molar-refractivity contribution is 0.181. The summed E-state index contributed by atoms with van der Waals surface area (Å²) < 4.78 is 25.8. The zero-order chi connectivity index (χ0) is 16.2. The molecule has 0 bridgehead atoms. The van der Waals surface area contributed by atoms with E-state index in [0.29, 0.717) is 25.3 Å². The van der Waals surface area contributed by atoms with Gasteiger partial charge in [-0.3, -0.25) is 0 Å². The standard InChI is InChI=1S/C14H16N6O2S/c1-9-2-3-11-13-12(4-16-14(11)18-9)17-8-19(13)5-10-6-20(7-10)23(15,21)22/h2-4,8,10H,5-7H2,1H3,(H2,15,21,22). The van der Waals surface area contributed by atoms with Crippen molar-refractivity contribution in [3.63, 3.8) is 0 Å². The van der Waals surface area contributed by atoms with Crippen molar-refractivity contribution in [2.75, 3.05) is 13.1 Å². The van der Waals surface area contributed by atoms with Gasteiger partial charge in [-0.25, -0.2) is 20.1 Å². The summed E-state index contributed by atoms with van der Waals surface area (Å²) in [5, 5.41) is 6.07. The molecule has 1 fully saturated rings. The largest absolute Gasteiger partial charge is 0.330 e. The Kier molecular flexibility index (Phi) is 3.12. The van der Waals surface area contributed by atoms with Gasteiger partial charge in [0.25, 0.3) is 10.2 Å². The summed E-state index contributed by atoms with van der Waals surface area (Å²) in [6, 6.07) is 3.95. The molecule has 4 rings (SSSR count). The predicted molar refractivity (Wildman–Crippen MR) is 85.7 cm³/mol. The van der Waals surface area contributed by atoms with Crippen molar-refractivity contribution in [2.45, 2.75) is 13.5 Å². The molecule has 0 aromatic carbocycles. The van der Waals surface area contributed by atoms with Gasteiger partial charge in [-0.05, 0) is 19.1 Å². The fourth-order valence-electron chi connectivity index (χ4n) is 3.00. The highest BCUT2D eigenvalue weighted by Gasteiger charge is 2.34. The van der Waals surface area contributed by atoms with Gasteiger partial charge in [0, 0.05) is 36.6 Å². The van der Waals surface area contributed by atoms with Gasteiger partial charge in [0.05, 0.1) is 18.0 Å². The summed E-state index contributed by atoms with van der Waals surface area (Å²) in [5.41, 5.74) is 3.40. The fraction of sp³-hybridized carbons (Fsp3) is 0.357. The van der Waals surface area contributed by atoms with E-state index in [4.69, 9.17) is 5.14 Å². The average Bonchev–Trinajstić information content (AvgIpc) is 2.84. The van der Waals surface area contributed by atoms with E-state index in [1.54, 1.807) is 12.5 Å². The van der Waals surface area contributed by atoms with Crippen molar-refractivity contribution >= 4 is 32.3 Å². The third-order valence-electron chi connectivity index (χ3n) is 4.18. The third-order valence-corrected chi connectivity index (χ3v) is 5.20. The van der Waals surface area contributed by atoms with E-state index in [1.165, 1.54) is 4.31 Å². The molecule has 0 atom stereocenters. The van der Waals surface area contributed by atoms with E-state index in [0.717, 1.165) is 22.1 Å². The first-order valence-corrected chi connectivity index (χ1v) is 8.77. The van der Waals surface area contributed by atoms with Crippen LogP contribution in [0.2, 0.25) is 0 Å². The molecule has 2 N–H and O–H groups in total. The molecule has 1 saturated heterocycles. The number of hydrogen-bond acceptors (Lipinski definition) is 5. The zero-order valence-corrected chi connectivity index (χ0v) is 13.4. The van der Waals surface area contributed by atoms with Crippen LogP contribution < -0.4 is 5.14 Å². The fourth-order valence-corrected chi connectivity index (χ4v) is 3.83. The predicted octanol–water partition coefficient (Wildman–Crippen LogP) is 0.423. The molecule has 3 aromatic heterocycles. The van der Waals surface area contributed by atoms with Gasteiger partial charge in [-0.2, -0.15) is 12.7 Å². The van der Waals surface area contributed by atoms with Gasteiger partial charge in [0.2, 0.25) is 0 Å². The van der Waals surface area contributed by atoms with E-state index in [2.05, 4.69) is 15.0 Å². The SMILES string of the molecule is Cc1ccc2c(ncc3ncn(CC4CN(S(N)(=O)=O)C4)c32)n1. The number of pyridine rings is 2. The number of nitrogens with zero attached hydrogens (tertiary/aromatic N) is 5. The van der Waals surface area contributed by atoms with E-state index in [9.17, 15) is 8.42 Å². The Hall–Kier alpha value is -2.10. The van der Waals surface area contributed by atoms with Gasteiger partial charge in [-0.15, -0.1) is 0 Å². The van der Waals surface area contributed by atoms with Crippen molar-refractivity contribution < 1.29 is 8.42 Å². The topological polar surface area (TPSA) is 107 Å². The number of nitrogens with two attached hydrogens (primary N) is 1. The van der Waals surface area contributed by atoms with E-state index >= 15 is 0 Å². The van der Waals surface area contributed by atoms with E-state index in [1.807, 2.05) is 23.6 Å². The number of hydrogen-bond donors (Lipinski definition) is 1. The number of fused-ring (bicyclic) bond motifs is 3. The first kappa shape index (κ1) is 14.5. The second-order valence-corrected chi connectivity index (χ2v) is 7.49. The van der Waals surface area contributed by atoms with E-state index < -0.39 is 10.2 Å². The maximum absolute atomic E-state index is 11.2. The van der Waals surface area contributed by atoms with Crippen LogP contribution in [0.1, 0.15) is 5.69 Å². The third kappa shape index (κ3) is 2.46. The molecular weight excluding hydrogens is 316 g/mol. The molecule has 0 spiro atoms. The molecule has 23 heavy (non-hydrogen) atoms. The van der Waals surface area contributed by atoms with Crippen molar-refractivity contribution in [2.24, 2.45) is 11.1 Å². The minimum Gasteiger partial charge on any atom is -0.330 e. The lowest BCUT2D eigenvalue weighted by Crippen LogP contribution is -2.53. The quantitative estimate of drug-likeness (QED) is 0.748. The Bertz CT molecular complexity index is 1010. The highest BCUT2D eigenvalue weighted by molar-refractivity contribution is 7.86. The lowest BCUT2D eigenvalue weighted by atomic mass is 10.0. The van der Waals surface area contributed by atoms with Gasteiger partial charge < -0.3 is 4.57 Å². The van der Waals surface area contributed by atoms with Crippen LogP contribution in [0.5, 0.6) is 0 Å². The van der Waals surface area contributed by atoms with Crippen molar-refractivity contribution in [3.8, 4) is 0 Å². The van der Waals surface area contributed by atoms with Gasteiger partial charge in [0.15, 0.2) is 5.65 Å². The summed E-state index contributed by atoms with van der Waals surface area (Å²) in [6.07, 6.45) is 3.49. The highest BCUT2D eigenvalue weighted by atomic mass is 32.2. The summed E-state index contributed by atoms with van der Waals surface area (Å²) in [6.45, 7) is 3.51. The number of rotatable bonds is 3. The first-order valence-electron chi connectivity index (χ1n) is 7.27. The molecule has 8 nitrogen and oxygen atoms in total. The minimum absolute atomic E-state index is 0.229. The highest BCUT2D eigenvalue weighted by Crippen LogP contribution is 2.25. The summed E-state index contributed by atoms with van der Waals surface area (Å²) >= 11 is 0. The average molecular weight is 332 g/mol. The van der Waals surface area contributed by atoms with Gasteiger partial charge in [0.1, 0.15) is 5.52 Å². The number of imidazole rings is 1. The molecule has 0 saturated carbocycles. The maximum Gasteiger partial charge on any atom is 0.276 e. The molecule has 1 aliphatic heterocycles. The van der Waals surface area contributed by atoms with Crippen LogP contribution in [-0.4, -0.2) is 45.3 Å². The van der Waals surface area contributed by atoms with Crippen LogP contribution in [-0.2, 0) is 16.8 Å². The van der Waals surface area contributed by atoms with Gasteiger partial charge in [-0.1, -0.05) is 0 Å². The molecule has 0 radical (unpaired) electrons. The summed E-state index contributed by atoms with van der Waals surface area (Å²) in [4.78, 5) is 13.2. The lowest BCUT2D eigenvalue weighted by Gasteiger charge is -2.36. The second kappa shape index (κ2) is 4.95. The Balaban J connectivity index is 1.69. The molecule has 3 aromatic rings. The van der Waals surface area contributed by atoms with Crippen molar-refractivity contribution in [3.05, 3.63) is 30.4 Å². The summed E-state index contributed by atoms with van der Waals surface area (Å²) in [5.74, 6) is 0.229. The monoisotopic (exact) mass is 332 g/mol. The molecule has 1 aliphatic rings. The minimum atomic E-state index is -3.57. The Morgan fingerprint density at radius 1 is 1.30 bits per heavy atom. The Morgan fingerprint density at radius 2 is 2.09 bits per heavy atom. The maximum atomic E-state index is 11.2. The zero-order valence-electron chi connectivity index (χ0n) is 12.5. The van der Waals surface area contributed by atoms with Crippen LogP contribution in [0.3, 0.4) is 0 Å². The normalized spacial score (nSPS) is 17.0. The van der Waals surface area contributed by atoms with Gasteiger partial charge >= 0.3 is 0 Å². The molecule has 9 heteroatoms. The first-order chi connectivity index (χ1) is 10.9. The molecular formula is C14H16N6O2S. The summed E-state index contributed by atoms with van der Waals surface area (Å²) in [7, 11) is -3.57. The molecule has 0 amide bonds. The molecule has 0 unspecified atom stereocenters. The molecule has 4 heterocycles. The van der Waals surface area contributed by atoms with E-state index in [-0.39, 0.29) is 5.92 Å². The van der Waals surface area contributed by atoms with Crippen molar-refractivity contribution in [1.29, 1.82) is 0 Å². The van der Waals surface area contributed by atoms with Crippen LogP contribution in [0, 0.1) is 12.8 Å². The van der Waals surface area contributed by atoms with Crippen LogP contribution in [0.15, 0.2) is 24.7 Å². The van der Waals surface area contributed by atoms with Crippen LogP contribution in [0.25, 0.3) is 22.1 Å². The second-order valence-electron chi connectivity index (χ2n) is 5.94. The Labute approximate surface area is 133 Å². The Morgan fingerprint density at radius 3 is 2.83 bits per heavy atom.